The van der Waals surface area contributed by atoms with Gasteiger partial charge in [0, 0.05) is 12.0 Å². The van der Waals surface area contributed by atoms with Gasteiger partial charge in [-0.3, -0.25) is 4.79 Å². The number of nitrogens with zero attached hydrogens (tertiary/aromatic N) is 3. The summed E-state index contributed by atoms with van der Waals surface area (Å²) in [5, 5.41) is 21.1. The molecule has 26 heavy (non-hydrogen) atoms. The van der Waals surface area contributed by atoms with E-state index in [1.165, 1.54) is 0 Å². The molecule has 0 spiro atoms. The molecule has 0 saturated carbocycles. The van der Waals surface area contributed by atoms with Crippen LogP contribution in [0, 0.1) is 11.3 Å². The van der Waals surface area contributed by atoms with E-state index in [1.807, 2.05) is 6.07 Å². The summed E-state index contributed by atoms with van der Waals surface area (Å²) in [5.74, 6) is -1.66. The lowest BCUT2D eigenvalue weighted by Crippen LogP contribution is -2.31. The molecule has 0 aliphatic carbocycles. The molecule has 1 aliphatic heterocycles. The highest BCUT2D eigenvalue weighted by Crippen LogP contribution is 2.26. The average molecular weight is 353 g/mol. The Morgan fingerprint density at radius 1 is 1.46 bits per heavy atom. The molecular formula is C17H15N5O4. The van der Waals surface area contributed by atoms with Gasteiger partial charge >= 0.3 is 5.97 Å². The van der Waals surface area contributed by atoms with Gasteiger partial charge in [0.25, 0.3) is 0 Å². The Balaban J connectivity index is 1.95. The van der Waals surface area contributed by atoms with Crippen LogP contribution >= 0.6 is 0 Å². The number of nitrogens with one attached hydrogen (secondary N) is 1. The summed E-state index contributed by atoms with van der Waals surface area (Å²) in [6.07, 6.45) is 0.997. The zero-order chi connectivity index (χ0) is 18.7. The Bertz CT molecular complexity index is 922. The van der Waals surface area contributed by atoms with Crippen molar-refractivity contribution in [2.75, 3.05) is 12.3 Å². The SMILES string of the molecule is N#Cc1cccc(-c2nc(N)c(C(=O)O)c(OC[C@@H]3CCC(=O)N3)n2)c1. The Morgan fingerprint density at radius 2 is 2.27 bits per heavy atom. The largest absolute Gasteiger partial charge is 0.477 e. The number of anilines is 1. The van der Waals surface area contributed by atoms with Crippen molar-refractivity contribution < 1.29 is 19.4 Å². The number of nitrogens with two attached hydrogens (primary N) is 1. The van der Waals surface area contributed by atoms with Crippen LogP contribution in [0.5, 0.6) is 5.88 Å². The van der Waals surface area contributed by atoms with Crippen LogP contribution in [-0.4, -0.2) is 39.6 Å². The van der Waals surface area contributed by atoms with Crippen molar-refractivity contribution in [1.29, 1.82) is 5.26 Å². The van der Waals surface area contributed by atoms with E-state index in [0.717, 1.165) is 0 Å². The number of benzene rings is 1. The van der Waals surface area contributed by atoms with Crippen LogP contribution in [0.1, 0.15) is 28.8 Å². The third kappa shape index (κ3) is 3.54. The summed E-state index contributed by atoms with van der Waals surface area (Å²) in [6.45, 7) is 0.0696. The maximum atomic E-state index is 11.5. The predicted octanol–water partition coefficient (Wildman–Crippen LogP) is 0.953. The lowest BCUT2D eigenvalue weighted by molar-refractivity contribution is -0.119. The number of nitriles is 1. The molecule has 1 saturated heterocycles. The highest BCUT2D eigenvalue weighted by Gasteiger charge is 2.25. The minimum Gasteiger partial charge on any atom is -0.477 e. The number of amides is 1. The van der Waals surface area contributed by atoms with E-state index in [1.54, 1.807) is 24.3 Å². The van der Waals surface area contributed by atoms with Gasteiger partial charge in [-0.15, -0.1) is 0 Å². The van der Waals surface area contributed by atoms with Crippen molar-refractivity contribution >= 4 is 17.7 Å². The van der Waals surface area contributed by atoms with Gasteiger partial charge in [-0.25, -0.2) is 9.78 Å². The molecule has 1 fully saturated rings. The van der Waals surface area contributed by atoms with Gasteiger partial charge in [-0.2, -0.15) is 10.2 Å². The van der Waals surface area contributed by atoms with Crippen molar-refractivity contribution in [3.8, 4) is 23.3 Å². The number of hydrogen-bond acceptors (Lipinski definition) is 7. The Labute approximate surface area is 148 Å². The van der Waals surface area contributed by atoms with Crippen molar-refractivity contribution in [3.63, 3.8) is 0 Å². The summed E-state index contributed by atoms with van der Waals surface area (Å²) < 4.78 is 5.54. The van der Waals surface area contributed by atoms with Crippen molar-refractivity contribution in [2.45, 2.75) is 18.9 Å². The van der Waals surface area contributed by atoms with Gasteiger partial charge in [0.1, 0.15) is 12.4 Å². The maximum absolute atomic E-state index is 11.5. The molecule has 1 amide bonds. The van der Waals surface area contributed by atoms with E-state index >= 15 is 0 Å². The van der Waals surface area contributed by atoms with Crippen LogP contribution < -0.4 is 15.8 Å². The fraction of sp³-hybridized carbons (Fsp3) is 0.235. The monoisotopic (exact) mass is 353 g/mol. The molecular weight excluding hydrogens is 338 g/mol. The van der Waals surface area contributed by atoms with Crippen molar-refractivity contribution in [3.05, 3.63) is 35.4 Å². The first-order valence-corrected chi connectivity index (χ1v) is 7.81. The Morgan fingerprint density at radius 3 is 2.92 bits per heavy atom. The van der Waals surface area contributed by atoms with Gasteiger partial charge in [-0.05, 0) is 18.6 Å². The lowest BCUT2D eigenvalue weighted by Gasteiger charge is -2.14. The van der Waals surface area contributed by atoms with Gasteiger partial charge in [0.2, 0.25) is 11.8 Å². The Hall–Kier alpha value is -3.67. The van der Waals surface area contributed by atoms with E-state index < -0.39 is 5.97 Å². The summed E-state index contributed by atoms with van der Waals surface area (Å²) in [7, 11) is 0. The van der Waals surface area contributed by atoms with Gasteiger partial charge < -0.3 is 20.9 Å². The van der Waals surface area contributed by atoms with Crippen LogP contribution in [-0.2, 0) is 4.79 Å². The average Bonchev–Trinajstić information content (AvgIpc) is 3.04. The molecule has 3 rings (SSSR count). The summed E-state index contributed by atoms with van der Waals surface area (Å²) in [6, 6.07) is 8.32. The second-order valence-corrected chi connectivity index (χ2v) is 5.72. The molecule has 4 N–H and O–H groups in total. The second kappa shape index (κ2) is 7.06. The first kappa shape index (κ1) is 17.2. The van der Waals surface area contributed by atoms with Crippen molar-refractivity contribution in [2.24, 2.45) is 0 Å². The molecule has 1 aromatic carbocycles. The summed E-state index contributed by atoms with van der Waals surface area (Å²) in [5.41, 5.74) is 6.36. The summed E-state index contributed by atoms with van der Waals surface area (Å²) >= 11 is 0. The number of aromatic carboxylic acids is 1. The normalized spacial score (nSPS) is 16.0. The zero-order valence-corrected chi connectivity index (χ0v) is 13.6. The molecule has 9 nitrogen and oxygen atoms in total. The second-order valence-electron chi connectivity index (χ2n) is 5.72. The van der Waals surface area contributed by atoms with E-state index in [9.17, 15) is 14.7 Å². The molecule has 0 bridgehead atoms. The number of rotatable bonds is 5. The van der Waals surface area contributed by atoms with E-state index in [0.29, 0.717) is 24.0 Å². The highest BCUT2D eigenvalue weighted by atomic mass is 16.5. The van der Waals surface area contributed by atoms with Crippen LogP contribution in [0.25, 0.3) is 11.4 Å². The van der Waals surface area contributed by atoms with Gasteiger partial charge in [0.05, 0.1) is 17.7 Å². The van der Waals surface area contributed by atoms with Crippen LogP contribution in [0.15, 0.2) is 24.3 Å². The van der Waals surface area contributed by atoms with Gasteiger partial charge in [0.15, 0.2) is 11.4 Å². The van der Waals surface area contributed by atoms with Gasteiger partial charge in [-0.1, -0.05) is 12.1 Å². The molecule has 132 valence electrons. The molecule has 0 unspecified atom stereocenters. The van der Waals surface area contributed by atoms with E-state index in [2.05, 4.69) is 15.3 Å². The Kier molecular flexibility index (Phi) is 4.66. The summed E-state index contributed by atoms with van der Waals surface area (Å²) in [4.78, 5) is 30.9. The standard InChI is InChI=1S/C17H15N5O4/c18-7-9-2-1-3-10(6-9)15-21-14(19)13(17(24)25)16(22-15)26-8-11-4-5-12(23)20-11/h1-3,6,11H,4-5,8H2,(H,20,23)(H,24,25)(H2,19,21,22)/t11-/m0/s1. The number of carbonyl (C=O) groups is 2. The fourth-order valence-corrected chi connectivity index (χ4v) is 2.60. The highest BCUT2D eigenvalue weighted by molar-refractivity contribution is 5.95. The van der Waals surface area contributed by atoms with Crippen LogP contribution in [0.3, 0.4) is 0 Å². The molecule has 1 atom stereocenters. The smallest absolute Gasteiger partial charge is 0.345 e. The van der Waals surface area contributed by atoms with Crippen molar-refractivity contribution in [1.82, 2.24) is 15.3 Å². The number of aromatic nitrogens is 2. The maximum Gasteiger partial charge on any atom is 0.345 e. The topological polar surface area (TPSA) is 151 Å². The number of nitrogen functional groups attached to an aromatic ring is 1. The minimum atomic E-state index is -1.31. The number of hydrogen-bond donors (Lipinski definition) is 3. The fourth-order valence-electron chi connectivity index (χ4n) is 2.60. The minimum absolute atomic E-state index is 0.0696. The first-order valence-electron chi connectivity index (χ1n) is 7.81. The molecule has 2 heterocycles. The number of carboxylic acid groups (broad SMARTS) is 1. The third-order valence-electron chi connectivity index (χ3n) is 3.87. The quantitative estimate of drug-likeness (QED) is 0.718. The van der Waals surface area contributed by atoms with E-state index in [4.69, 9.17) is 15.7 Å². The predicted molar refractivity (Wildman–Crippen MR) is 90.2 cm³/mol. The first-order chi connectivity index (χ1) is 12.5. The lowest BCUT2D eigenvalue weighted by atomic mass is 10.1. The van der Waals surface area contributed by atoms with Crippen LogP contribution in [0.4, 0.5) is 5.82 Å². The molecule has 2 aromatic rings. The molecule has 0 radical (unpaired) electrons. The number of ether oxygens (including phenoxy) is 1. The molecule has 1 aliphatic rings. The number of carboxylic acids is 1. The van der Waals surface area contributed by atoms with Crippen LogP contribution in [0.2, 0.25) is 0 Å². The molecule has 1 aromatic heterocycles. The van der Waals surface area contributed by atoms with E-state index in [-0.39, 0.29) is 41.6 Å². The number of carbonyl (C=O) groups excluding carboxylic acids is 1. The third-order valence-corrected chi connectivity index (χ3v) is 3.87. The molecule has 9 heteroatoms. The zero-order valence-electron chi connectivity index (χ0n) is 13.6.